The Balaban J connectivity index is 1.87. The predicted molar refractivity (Wildman–Crippen MR) is 99.8 cm³/mol. The number of carbonyl (C=O) groups excluding carboxylic acids is 1. The van der Waals surface area contributed by atoms with E-state index in [0.29, 0.717) is 35.6 Å². The quantitative estimate of drug-likeness (QED) is 0.859. The lowest BCUT2D eigenvalue weighted by atomic mass is 9.91. The molecule has 7 heteroatoms. The van der Waals surface area contributed by atoms with Crippen molar-refractivity contribution in [3.63, 3.8) is 0 Å². The van der Waals surface area contributed by atoms with Gasteiger partial charge in [0.2, 0.25) is 0 Å². The molecule has 0 aromatic heterocycles. The van der Waals surface area contributed by atoms with E-state index in [1.807, 2.05) is 35.2 Å². The molecule has 1 amide bonds. The molecule has 1 N–H and O–H groups in total. The van der Waals surface area contributed by atoms with Crippen molar-refractivity contribution in [2.45, 2.75) is 12.2 Å². The van der Waals surface area contributed by atoms with Gasteiger partial charge in [-0.3, -0.25) is 9.79 Å². The highest BCUT2D eigenvalue weighted by atomic mass is 19.4. The summed E-state index contributed by atoms with van der Waals surface area (Å²) in [6, 6.07) is 13.8. The van der Waals surface area contributed by atoms with Gasteiger partial charge in [-0.05, 0) is 17.7 Å². The Morgan fingerprint density at radius 2 is 1.86 bits per heavy atom. The smallest absolute Gasteiger partial charge is 0.368 e. The number of rotatable bonds is 2. The van der Waals surface area contributed by atoms with E-state index in [4.69, 9.17) is 0 Å². The molecule has 4 nitrogen and oxygen atoms in total. The lowest BCUT2D eigenvalue weighted by molar-refractivity contribution is -0.137. The lowest BCUT2D eigenvalue weighted by Gasteiger charge is -2.19. The van der Waals surface area contributed by atoms with Gasteiger partial charge in [0.1, 0.15) is 5.70 Å². The molecule has 4 rings (SSSR count). The van der Waals surface area contributed by atoms with Crippen LogP contribution in [-0.4, -0.2) is 36.7 Å². The molecular weight excluding hydrogens is 367 g/mol. The van der Waals surface area contributed by atoms with Gasteiger partial charge in [-0.25, -0.2) is 0 Å². The Bertz CT molecular complexity index is 980. The predicted octanol–water partition coefficient (Wildman–Crippen LogP) is 3.57. The van der Waals surface area contributed by atoms with Crippen LogP contribution in [0, 0.1) is 0 Å². The SMILES string of the molecule is CN1CCN=C(c2ccccc2)C2=C1C(=O)NC2c1cccc(C(F)(F)F)c1. The third kappa shape index (κ3) is 3.17. The fourth-order valence-corrected chi connectivity index (χ4v) is 3.65. The first-order chi connectivity index (χ1) is 13.4. The third-order valence-corrected chi connectivity index (χ3v) is 4.97. The maximum atomic E-state index is 13.2. The Morgan fingerprint density at radius 1 is 1.11 bits per heavy atom. The first-order valence-electron chi connectivity index (χ1n) is 8.90. The van der Waals surface area contributed by atoms with Crippen molar-refractivity contribution < 1.29 is 18.0 Å². The zero-order valence-corrected chi connectivity index (χ0v) is 15.1. The second-order valence-corrected chi connectivity index (χ2v) is 6.81. The van der Waals surface area contributed by atoms with E-state index in [1.165, 1.54) is 6.07 Å². The summed E-state index contributed by atoms with van der Waals surface area (Å²) in [6.07, 6.45) is -4.45. The molecule has 0 bridgehead atoms. The molecule has 0 saturated carbocycles. The molecule has 28 heavy (non-hydrogen) atoms. The summed E-state index contributed by atoms with van der Waals surface area (Å²) in [7, 11) is 1.80. The lowest BCUT2D eigenvalue weighted by Crippen LogP contribution is -2.29. The van der Waals surface area contributed by atoms with Crippen LogP contribution in [0.25, 0.3) is 0 Å². The molecule has 2 aromatic rings. The number of hydrogen-bond acceptors (Lipinski definition) is 3. The van der Waals surface area contributed by atoms with Crippen molar-refractivity contribution in [3.8, 4) is 0 Å². The largest absolute Gasteiger partial charge is 0.416 e. The molecule has 2 heterocycles. The number of hydrogen-bond donors (Lipinski definition) is 1. The molecule has 1 unspecified atom stereocenters. The topological polar surface area (TPSA) is 44.7 Å². The molecule has 0 radical (unpaired) electrons. The molecule has 0 spiro atoms. The summed E-state index contributed by atoms with van der Waals surface area (Å²) in [5.74, 6) is -0.301. The minimum Gasteiger partial charge on any atom is -0.368 e. The van der Waals surface area contributed by atoms with E-state index in [9.17, 15) is 18.0 Å². The number of nitrogens with zero attached hydrogens (tertiary/aromatic N) is 2. The number of aliphatic imine (C=N–C) groups is 1. The van der Waals surface area contributed by atoms with Crippen molar-refractivity contribution in [1.29, 1.82) is 0 Å². The molecule has 0 fully saturated rings. The summed E-state index contributed by atoms with van der Waals surface area (Å²) in [6.45, 7) is 1.05. The van der Waals surface area contributed by atoms with Crippen molar-refractivity contribution in [1.82, 2.24) is 10.2 Å². The molecule has 0 aliphatic carbocycles. The highest BCUT2D eigenvalue weighted by molar-refractivity contribution is 6.19. The first kappa shape index (κ1) is 18.3. The maximum Gasteiger partial charge on any atom is 0.416 e. The van der Waals surface area contributed by atoms with Crippen LogP contribution >= 0.6 is 0 Å². The third-order valence-electron chi connectivity index (χ3n) is 4.97. The van der Waals surface area contributed by atoms with Crippen LogP contribution in [-0.2, 0) is 11.0 Å². The van der Waals surface area contributed by atoms with Gasteiger partial charge in [0.15, 0.2) is 0 Å². The number of benzene rings is 2. The van der Waals surface area contributed by atoms with Crippen molar-refractivity contribution in [2.24, 2.45) is 4.99 Å². The Morgan fingerprint density at radius 3 is 2.57 bits per heavy atom. The van der Waals surface area contributed by atoms with Crippen molar-refractivity contribution >= 4 is 11.6 Å². The summed E-state index contributed by atoms with van der Waals surface area (Å²) >= 11 is 0. The summed E-state index contributed by atoms with van der Waals surface area (Å²) in [5.41, 5.74) is 2.19. The van der Waals surface area contributed by atoms with Crippen molar-refractivity contribution in [3.05, 3.63) is 82.6 Å². The van der Waals surface area contributed by atoms with E-state index in [1.54, 1.807) is 13.1 Å². The minimum absolute atomic E-state index is 0.301. The van der Waals surface area contributed by atoms with Gasteiger partial charge in [-0.15, -0.1) is 0 Å². The van der Waals surface area contributed by atoms with Gasteiger partial charge in [0, 0.05) is 24.7 Å². The number of nitrogens with one attached hydrogen (secondary N) is 1. The standard InChI is InChI=1S/C21H18F3N3O/c1-27-11-10-25-17(13-6-3-2-4-7-13)16-18(26-20(28)19(16)27)14-8-5-9-15(12-14)21(22,23)24/h2-9,12,18H,10-11H2,1H3,(H,26,28). The Kier molecular flexibility index (Phi) is 4.45. The second-order valence-electron chi connectivity index (χ2n) is 6.81. The summed E-state index contributed by atoms with van der Waals surface area (Å²) in [5, 5.41) is 2.85. The van der Waals surface area contributed by atoms with Crippen LogP contribution in [0.15, 0.2) is 70.9 Å². The fourth-order valence-electron chi connectivity index (χ4n) is 3.65. The summed E-state index contributed by atoms with van der Waals surface area (Å²) < 4.78 is 39.6. The van der Waals surface area contributed by atoms with E-state index < -0.39 is 17.8 Å². The number of alkyl halides is 3. The van der Waals surface area contributed by atoms with E-state index in [2.05, 4.69) is 10.3 Å². The van der Waals surface area contributed by atoms with E-state index in [-0.39, 0.29) is 5.91 Å². The monoisotopic (exact) mass is 385 g/mol. The fraction of sp³-hybridized carbons (Fsp3) is 0.238. The number of carbonyl (C=O) groups is 1. The Hall–Kier alpha value is -3.09. The molecule has 2 aliphatic heterocycles. The molecule has 144 valence electrons. The molecule has 2 aliphatic rings. The van der Waals surface area contributed by atoms with Crippen LogP contribution in [0.4, 0.5) is 13.2 Å². The van der Waals surface area contributed by atoms with Crippen LogP contribution in [0.5, 0.6) is 0 Å². The van der Waals surface area contributed by atoms with Gasteiger partial charge < -0.3 is 10.2 Å². The highest BCUT2D eigenvalue weighted by Gasteiger charge is 2.39. The zero-order chi connectivity index (χ0) is 19.9. The minimum atomic E-state index is -4.45. The number of halogens is 3. The second kappa shape index (κ2) is 6.82. The van der Waals surface area contributed by atoms with Gasteiger partial charge in [-0.2, -0.15) is 13.2 Å². The highest BCUT2D eigenvalue weighted by Crippen LogP contribution is 2.37. The van der Waals surface area contributed by atoms with Crippen LogP contribution in [0.2, 0.25) is 0 Å². The Labute approximate surface area is 160 Å². The van der Waals surface area contributed by atoms with Gasteiger partial charge in [0.05, 0.1) is 23.9 Å². The van der Waals surface area contributed by atoms with Gasteiger partial charge in [-0.1, -0.05) is 42.5 Å². The van der Waals surface area contributed by atoms with E-state index in [0.717, 1.165) is 17.7 Å². The molecular formula is C21H18F3N3O. The molecule has 1 atom stereocenters. The van der Waals surface area contributed by atoms with Crippen LogP contribution in [0.1, 0.15) is 22.7 Å². The normalized spacial score (nSPS) is 19.9. The van der Waals surface area contributed by atoms with Gasteiger partial charge in [0.25, 0.3) is 5.91 Å². The number of likely N-dealkylation sites (N-methyl/N-ethyl adjacent to an activating group) is 1. The average molecular weight is 385 g/mol. The van der Waals surface area contributed by atoms with E-state index >= 15 is 0 Å². The summed E-state index contributed by atoms with van der Waals surface area (Å²) in [4.78, 5) is 19.2. The van der Waals surface area contributed by atoms with Crippen molar-refractivity contribution in [2.75, 3.05) is 20.1 Å². The first-order valence-corrected chi connectivity index (χ1v) is 8.90. The zero-order valence-electron chi connectivity index (χ0n) is 15.1. The average Bonchev–Trinajstić information content (AvgIpc) is 2.92. The number of amides is 1. The van der Waals surface area contributed by atoms with Crippen LogP contribution < -0.4 is 5.32 Å². The van der Waals surface area contributed by atoms with Crippen LogP contribution in [0.3, 0.4) is 0 Å². The molecule has 0 saturated heterocycles. The molecule has 2 aromatic carbocycles. The maximum absolute atomic E-state index is 13.2. The van der Waals surface area contributed by atoms with Gasteiger partial charge >= 0.3 is 6.18 Å².